The summed E-state index contributed by atoms with van der Waals surface area (Å²) in [6.45, 7) is 4.64. The molecule has 1 aromatic carbocycles. The molecule has 0 N–H and O–H groups in total. The molecule has 0 radical (unpaired) electrons. The van der Waals surface area contributed by atoms with Crippen LogP contribution < -0.4 is 9.64 Å². The molecule has 0 bridgehead atoms. The summed E-state index contributed by atoms with van der Waals surface area (Å²) in [4.78, 5) is 12.6. The van der Waals surface area contributed by atoms with Gasteiger partial charge in [0.05, 0.1) is 28.3 Å². The first-order valence-corrected chi connectivity index (χ1v) is 13.6. The van der Waals surface area contributed by atoms with Crippen LogP contribution in [0.3, 0.4) is 0 Å². The third-order valence-corrected chi connectivity index (χ3v) is 9.89. The van der Waals surface area contributed by atoms with Crippen molar-refractivity contribution in [3.8, 4) is 5.75 Å². The molecule has 0 saturated carbocycles. The Morgan fingerprint density at radius 2 is 1.68 bits per heavy atom. The van der Waals surface area contributed by atoms with Gasteiger partial charge in [-0.2, -0.15) is 0 Å². The minimum Gasteiger partial charge on any atom is -0.494 e. The molecule has 2 aromatic rings. The minimum absolute atomic E-state index is 0.124. The molecule has 0 spiro atoms. The molecule has 2 fully saturated rings. The largest absolute Gasteiger partial charge is 0.494 e. The number of hydrogen-bond acceptors (Lipinski definition) is 9. The Morgan fingerprint density at radius 1 is 1.03 bits per heavy atom. The molecule has 2 aliphatic rings. The smallest absolute Gasteiger partial charge is 0.225 e. The van der Waals surface area contributed by atoms with Gasteiger partial charge in [0.2, 0.25) is 5.95 Å². The van der Waals surface area contributed by atoms with Crippen molar-refractivity contribution in [3.63, 3.8) is 0 Å². The van der Waals surface area contributed by atoms with Gasteiger partial charge in [0, 0.05) is 44.6 Å². The van der Waals surface area contributed by atoms with E-state index in [-0.39, 0.29) is 16.4 Å². The van der Waals surface area contributed by atoms with E-state index in [1.54, 1.807) is 30.6 Å². The lowest BCUT2D eigenvalue weighted by Crippen LogP contribution is -2.55. The highest BCUT2D eigenvalue weighted by atomic mass is 32.2. The van der Waals surface area contributed by atoms with Crippen LogP contribution in [-0.2, 0) is 19.7 Å². The third kappa shape index (κ3) is 4.68. The number of nitrogens with zero attached hydrogens (tertiary/aromatic N) is 4. The average molecular weight is 467 g/mol. The summed E-state index contributed by atoms with van der Waals surface area (Å²) in [7, 11) is -7.27. The van der Waals surface area contributed by atoms with Crippen LogP contribution in [0.15, 0.2) is 47.6 Å². The highest BCUT2D eigenvalue weighted by Crippen LogP contribution is 2.30. The first-order chi connectivity index (χ1) is 14.8. The van der Waals surface area contributed by atoms with E-state index in [9.17, 15) is 16.8 Å². The lowest BCUT2D eigenvalue weighted by atomic mass is 10.2. The lowest BCUT2D eigenvalue weighted by molar-refractivity contribution is 0.201. The SMILES string of the molecule is CCOc1ccc(S(=O)(=O)[C@@H]2CS(=O)(=O)C[C@H]2N2CCN(c3ncccn3)CC2)cc1. The van der Waals surface area contributed by atoms with Crippen molar-refractivity contribution in [2.75, 3.05) is 49.2 Å². The van der Waals surface area contributed by atoms with E-state index in [1.807, 2.05) is 16.7 Å². The first kappa shape index (κ1) is 22.0. The summed E-state index contributed by atoms with van der Waals surface area (Å²) >= 11 is 0. The molecule has 2 atom stereocenters. The molecule has 2 saturated heterocycles. The summed E-state index contributed by atoms with van der Waals surface area (Å²) < 4.78 is 57.0. The summed E-state index contributed by atoms with van der Waals surface area (Å²) in [5, 5.41) is -0.991. The van der Waals surface area contributed by atoms with Gasteiger partial charge in [0.1, 0.15) is 5.75 Å². The van der Waals surface area contributed by atoms with Gasteiger partial charge in [-0.25, -0.2) is 26.8 Å². The molecule has 0 unspecified atom stereocenters. The van der Waals surface area contributed by atoms with Crippen LogP contribution in [0.25, 0.3) is 0 Å². The van der Waals surface area contributed by atoms with E-state index in [2.05, 4.69) is 9.97 Å². The number of rotatable bonds is 6. The van der Waals surface area contributed by atoms with Crippen molar-refractivity contribution in [1.29, 1.82) is 0 Å². The molecular formula is C20H26N4O5S2. The monoisotopic (exact) mass is 466 g/mol. The Kier molecular flexibility index (Phi) is 6.18. The van der Waals surface area contributed by atoms with Crippen LogP contribution in [0.2, 0.25) is 0 Å². The summed E-state index contributed by atoms with van der Waals surface area (Å²) in [6.07, 6.45) is 3.36. The van der Waals surface area contributed by atoms with Gasteiger partial charge in [-0.05, 0) is 37.3 Å². The van der Waals surface area contributed by atoms with E-state index in [0.29, 0.717) is 44.5 Å². The van der Waals surface area contributed by atoms with Crippen LogP contribution in [-0.4, -0.2) is 87.3 Å². The fourth-order valence-electron chi connectivity index (χ4n) is 4.21. The Bertz CT molecular complexity index is 1100. The van der Waals surface area contributed by atoms with Gasteiger partial charge >= 0.3 is 0 Å². The Morgan fingerprint density at radius 3 is 2.29 bits per heavy atom. The maximum absolute atomic E-state index is 13.4. The Hall–Kier alpha value is -2.24. The molecule has 3 heterocycles. The van der Waals surface area contributed by atoms with Crippen molar-refractivity contribution in [3.05, 3.63) is 42.7 Å². The highest BCUT2D eigenvalue weighted by Gasteiger charge is 2.48. The van der Waals surface area contributed by atoms with Crippen LogP contribution >= 0.6 is 0 Å². The fraction of sp³-hybridized carbons (Fsp3) is 0.500. The minimum atomic E-state index is -3.82. The quantitative estimate of drug-likeness (QED) is 0.605. The van der Waals surface area contributed by atoms with Crippen LogP contribution in [0.5, 0.6) is 5.75 Å². The van der Waals surface area contributed by atoms with Crippen LogP contribution in [0.1, 0.15) is 6.92 Å². The molecule has 11 heteroatoms. The van der Waals surface area contributed by atoms with Crippen molar-refractivity contribution in [2.24, 2.45) is 0 Å². The zero-order valence-electron chi connectivity index (χ0n) is 17.3. The summed E-state index contributed by atoms with van der Waals surface area (Å²) in [6, 6.07) is 7.38. The Balaban J connectivity index is 1.53. The number of anilines is 1. The molecule has 0 amide bonds. The number of aromatic nitrogens is 2. The molecule has 9 nitrogen and oxygen atoms in total. The summed E-state index contributed by atoms with van der Waals surface area (Å²) in [5.74, 6) is 0.710. The van der Waals surface area contributed by atoms with Crippen molar-refractivity contribution in [1.82, 2.24) is 14.9 Å². The second kappa shape index (κ2) is 8.71. The zero-order chi connectivity index (χ0) is 22.1. The van der Waals surface area contributed by atoms with E-state index in [0.717, 1.165) is 0 Å². The van der Waals surface area contributed by atoms with Gasteiger partial charge in [0.25, 0.3) is 0 Å². The lowest BCUT2D eigenvalue weighted by Gasteiger charge is -2.39. The van der Waals surface area contributed by atoms with Gasteiger partial charge in [-0.3, -0.25) is 4.90 Å². The van der Waals surface area contributed by atoms with Crippen LogP contribution in [0, 0.1) is 0 Å². The topological polar surface area (TPSA) is 110 Å². The van der Waals surface area contributed by atoms with E-state index in [1.165, 1.54) is 12.1 Å². The van der Waals surface area contributed by atoms with Crippen molar-refractivity contribution >= 4 is 25.6 Å². The summed E-state index contributed by atoms with van der Waals surface area (Å²) in [5.41, 5.74) is 0. The van der Waals surface area contributed by atoms with Crippen LogP contribution in [0.4, 0.5) is 5.95 Å². The average Bonchev–Trinajstić information content (AvgIpc) is 3.11. The second-order valence-corrected chi connectivity index (χ2v) is 12.0. The molecule has 31 heavy (non-hydrogen) atoms. The van der Waals surface area contributed by atoms with Gasteiger partial charge < -0.3 is 9.64 Å². The van der Waals surface area contributed by atoms with E-state index >= 15 is 0 Å². The van der Waals surface area contributed by atoms with E-state index in [4.69, 9.17) is 4.74 Å². The maximum Gasteiger partial charge on any atom is 0.225 e. The molecule has 0 aliphatic carbocycles. The number of sulfone groups is 2. The maximum atomic E-state index is 13.4. The molecule has 1 aromatic heterocycles. The van der Waals surface area contributed by atoms with E-state index < -0.39 is 31.0 Å². The van der Waals surface area contributed by atoms with Crippen molar-refractivity contribution < 1.29 is 21.6 Å². The normalized spacial score (nSPS) is 24.2. The first-order valence-electron chi connectivity index (χ1n) is 10.2. The zero-order valence-corrected chi connectivity index (χ0v) is 18.9. The second-order valence-electron chi connectivity index (χ2n) is 7.70. The van der Waals surface area contributed by atoms with Gasteiger partial charge in [-0.1, -0.05) is 0 Å². The predicted octanol–water partition coefficient (Wildman–Crippen LogP) is 0.637. The fourth-order valence-corrected chi connectivity index (χ4v) is 9.04. The number of benzene rings is 1. The highest BCUT2D eigenvalue weighted by molar-refractivity contribution is 7.96. The predicted molar refractivity (Wildman–Crippen MR) is 117 cm³/mol. The van der Waals surface area contributed by atoms with Crippen molar-refractivity contribution in [2.45, 2.75) is 23.1 Å². The molecule has 4 rings (SSSR count). The third-order valence-electron chi connectivity index (χ3n) is 5.75. The standard InChI is InChI=1S/C20H26N4O5S2/c1-2-29-16-4-6-17(7-5-16)31(27,28)19-15-30(25,26)14-18(19)23-10-12-24(13-11-23)20-21-8-3-9-22-20/h3-9,18-19H,2,10-15H2,1H3/t18-,19-/m1/s1. The number of piperazine rings is 1. The van der Waals surface area contributed by atoms with Gasteiger partial charge in [0.15, 0.2) is 19.7 Å². The number of ether oxygens (including phenoxy) is 1. The molecule has 2 aliphatic heterocycles. The Labute approximate surface area is 182 Å². The number of hydrogen-bond donors (Lipinski definition) is 0. The molecule has 168 valence electrons. The molecular weight excluding hydrogens is 440 g/mol. The van der Waals surface area contributed by atoms with Gasteiger partial charge in [-0.15, -0.1) is 0 Å².